The lowest BCUT2D eigenvalue weighted by atomic mass is 10.1. The molecule has 7 nitrogen and oxygen atoms in total. The van der Waals surface area contributed by atoms with Crippen LogP contribution in [0, 0.1) is 0 Å². The molecule has 2 atom stereocenters. The van der Waals surface area contributed by atoms with Crippen molar-refractivity contribution in [2.75, 3.05) is 39.8 Å². The minimum Gasteiger partial charge on any atom is -0.353 e. The summed E-state index contributed by atoms with van der Waals surface area (Å²) in [5, 5.41) is 5.62. The van der Waals surface area contributed by atoms with E-state index in [2.05, 4.69) is 38.1 Å². The molecule has 1 aliphatic heterocycles. The second kappa shape index (κ2) is 9.71. The Balaban J connectivity index is 1.60. The van der Waals surface area contributed by atoms with Gasteiger partial charge in [-0.1, -0.05) is 30.3 Å². The zero-order valence-corrected chi connectivity index (χ0v) is 17.5. The fourth-order valence-electron chi connectivity index (χ4n) is 3.73. The molecule has 0 bridgehead atoms. The van der Waals surface area contributed by atoms with E-state index in [4.69, 9.17) is 0 Å². The molecule has 1 aromatic heterocycles. The van der Waals surface area contributed by atoms with Crippen LogP contribution in [0.3, 0.4) is 0 Å². The van der Waals surface area contributed by atoms with E-state index in [0.29, 0.717) is 6.54 Å². The number of rotatable bonds is 6. The molecule has 29 heavy (non-hydrogen) atoms. The Bertz CT molecular complexity index is 812. The third kappa shape index (κ3) is 5.46. The predicted octanol–water partition coefficient (Wildman–Crippen LogP) is 1.31. The lowest BCUT2D eigenvalue weighted by Crippen LogP contribution is -2.50. The summed E-state index contributed by atoms with van der Waals surface area (Å²) < 4.78 is 2.08. The normalized spacial score (nSPS) is 17.5. The van der Waals surface area contributed by atoms with Crippen LogP contribution in [0.1, 0.15) is 30.3 Å². The number of aryl methyl sites for hydroxylation is 1. The van der Waals surface area contributed by atoms with Crippen molar-refractivity contribution in [1.82, 2.24) is 25.0 Å². The van der Waals surface area contributed by atoms with Crippen molar-refractivity contribution in [3.8, 4) is 0 Å². The highest BCUT2D eigenvalue weighted by atomic mass is 16.2. The molecule has 2 aromatic rings. The van der Waals surface area contributed by atoms with Gasteiger partial charge in [0, 0.05) is 51.7 Å². The van der Waals surface area contributed by atoms with Crippen LogP contribution in [0.15, 0.2) is 48.7 Å². The van der Waals surface area contributed by atoms with Gasteiger partial charge >= 0.3 is 11.8 Å². The standard InChI is InChI=1S/C22H31N5O2/c1-17(18-8-5-4-6-9-18)24-22(29)21(28)23-16-20(19-10-7-11-26(19)3)27-14-12-25(2)13-15-27/h4-11,17,20H,12-16H2,1-3H3,(H,23,28)(H,24,29). The summed E-state index contributed by atoms with van der Waals surface area (Å²) in [5.74, 6) is -1.20. The van der Waals surface area contributed by atoms with Gasteiger partial charge in [0.05, 0.1) is 12.1 Å². The number of nitrogens with one attached hydrogen (secondary N) is 2. The molecule has 1 aromatic carbocycles. The smallest absolute Gasteiger partial charge is 0.309 e. The third-order valence-electron chi connectivity index (χ3n) is 5.61. The fourth-order valence-corrected chi connectivity index (χ4v) is 3.73. The summed E-state index contributed by atoms with van der Waals surface area (Å²) in [5.41, 5.74) is 2.10. The lowest BCUT2D eigenvalue weighted by molar-refractivity contribution is -0.139. The van der Waals surface area contributed by atoms with Crippen molar-refractivity contribution in [2.45, 2.75) is 19.0 Å². The minimum atomic E-state index is -0.606. The number of piperazine rings is 1. The summed E-state index contributed by atoms with van der Waals surface area (Å²) in [6, 6.07) is 13.5. The van der Waals surface area contributed by atoms with E-state index in [1.807, 2.05) is 56.6 Å². The molecule has 3 rings (SSSR count). The molecule has 2 heterocycles. The van der Waals surface area contributed by atoms with E-state index in [1.165, 1.54) is 0 Å². The maximum atomic E-state index is 12.4. The molecule has 0 saturated carbocycles. The molecule has 0 spiro atoms. The zero-order valence-electron chi connectivity index (χ0n) is 17.5. The number of amides is 2. The second-order valence-electron chi connectivity index (χ2n) is 7.71. The molecule has 7 heteroatoms. The monoisotopic (exact) mass is 397 g/mol. The van der Waals surface area contributed by atoms with Gasteiger partial charge in [0.1, 0.15) is 0 Å². The predicted molar refractivity (Wildman–Crippen MR) is 113 cm³/mol. The molecule has 2 amide bonds. The summed E-state index contributed by atoms with van der Waals surface area (Å²) in [7, 11) is 4.13. The molecule has 0 radical (unpaired) electrons. The number of hydrogen-bond donors (Lipinski definition) is 2. The molecular weight excluding hydrogens is 366 g/mol. The van der Waals surface area contributed by atoms with Crippen LogP contribution in [0.4, 0.5) is 0 Å². The number of likely N-dealkylation sites (N-methyl/N-ethyl adjacent to an activating group) is 1. The van der Waals surface area contributed by atoms with E-state index < -0.39 is 11.8 Å². The minimum absolute atomic E-state index is 0.0343. The van der Waals surface area contributed by atoms with Crippen molar-refractivity contribution in [3.05, 3.63) is 59.9 Å². The topological polar surface area (TPSA) is 69.6 Å². The molecule has 1 saturated heterocycles. The van der Waals surface area contributed by atoms with Crippen molar-refractivity contribution >= 4 is 11.8 Å². The van der Waals surface area contributed by atoms with Crippen molar-refractivity contribution < 1.29 is 9.59 Å². The molecule has 2 N–H and O–H groups in total. The highest BCUT2D eigenvalue weighted by Gasteiger charge is 2.27. The van der Waals surface area contributed by atoms with Gasteiger partial charge in [0.25, 0.3) is 0 Å². The average molecular weight is 398 g/mol. The van der Waals surface area contributed by atoms with Gasteiger partial charge in [0.15, 0.2) is 0 Å². The van der Waals surface area contributed by atoms with Crippen LogP contribution in [0.2, 0.25) is 0 Å². The van der Waals surface area contributed by atoms with Crippen LogP contribution in [0.5, 0.6) is 0 Å². The highest BCUT2D eigenvalue weighted by Crippen LogP contribution is 2.21. The Morgan fingerprint density at radius 2 is 1.66 bits per heavy atom. The quantitative estimate of drug-likeness (QED) is 0.721. The number of nitrogens with zero attached hydrogens (tertiary/aromatic N) is 3. The van der Waals surface area contributed by atoms with Crippen molar-refractivity contribution in [2.24, 2.45) is 7.05 Å². The van der Waals surface area contributed by atoms with Crippen LogP contribution in [-0.2, 0) is 16.6 Å². The zero-order chi connectivity index (χ0) is 20.8. The Labute approximate surface area is 172 Å². The first kappa shape index (κ1) is 21.1. The van der Waals surface area contributed by atoms with Gasteiger partial charge in [0.2, 0.25) is 0 Å². The maximum Gasteiger partial charge on any atom is 0.309 e. The Morgan fingerprint density at radius 3 is 2.28 bits per heavy atom. The number of carbonyl (C=O) groups is 2. The van der Waals surface area contributed by atoms with E-state index >= 15 is 0 Å². The first-order valence-corrected chi connectivity index (χ1v) is 10.1. The van der Waals surface area contributed by atoms with Gasteiger partial charge in [-0.25, -0.2) is 0 Å². The second-order valence-corrected chi connectivity index (χ2v) is 7.71. The molecule has 1 fully saturated rings. The fraction of sp³-hybridized carbons (Fsp3) is 0.455. The van der Waals surface area contributed by atoms with Crippen LogP contribution >= 0.6 is 0 Å². The third-order valence-corrected chi connectivity index (χ3v) is 5.61. The summed E-state index contributed by atoms with van der Waals surface area (Å²) in [4.78, 5) is 29.5. The molecule has 156 valence electrons. The molecule has 0 aliphatic carbocycles. The van der Waals surface area contributed by atoms with Gasteiger partial charge in [-0.05, 0) is 31.7 Å². The average Bonchev–Trinajstić information content (AvgIpc) is 3.15. The van der Waals surface area contributed by atoms with Crippen molar-refractivity contribution in [3.63, 3.8) is 0 Å². The number of hydrogen-bond acceptors (Lipinski definition) is 4. The van der Waals surface area contributed by atoms with Crippen LogP contribution < -0.4 is 10.6 Å². The summed E-state index contributed by atoms with van der Waals surface area (Å²) in [6.45, 7) is 6.11. The lowest BCUT2D eigenvalue weighted by Gasteiger charge is -2.38. The van der Waals surface area contributed by atoms with Gasteiger partial charge in [-0.3, -0.25) is 14.5 Å². The molecule has 1 aliphatic rings. The number of carbonyl (C=O) groups excluding carboxylic acids is 2. The van der Waals surface area contributed by atoms with E-state index in [-0.39, 0.29) is 12.1 Å². The van der Waals surface area contributed by atoms with Crippen molar-refractivity contribution in [1.29, 1.82) is 0 Å². The first-order valence-electron chi connectivity index (χ1n) is 10.1. The molecule has 2 unspecified atom stereocenters. The van der Waals surface area contributed by atoms with E-state index in [9.17, 15) is 9.59 Å². The summed E-state index contributed by atoms with van der Waals surface area (Å²) in [6.07, 6.45) is 2.01. The Morgan fingerprint density at radius 1 is 0.966 bits per heavy atom. The summed E-state index contributed by atoms with van der Waals surface area (Å²) >= 11 is 0. The van der Waals surface area contributed by atoms with Crippen LogP contribution in [-0.4, -0.2) is 66.0 Å². The van der Waals surface area contributed by atoms with E-state index in [0.717, 1.165) is 37.4 Å². The van der Waals surface area contributed by atoms with Gasteiger partial charge < -0.3 is 20.1 Å². The Kier molecular flexibility index (Phi) is 7.06. The first-order chi connectivity index (χ1) is 14.0. The van der Waals surface area contributed by atoms with Gasteiger partial charge in [-0.15, -0.1) is 0 Å². The SMILES string of the molecule is CC(NC(=O)C(=O)NCC(c1cccn1C)N1CCN(C)CC1)c1ccccc1. The largest absolute Gasteiger partial charge is 0.353 e. The Hall–Kier alpha value is -2.64. The number of aromatic nitrogens is 1. The van der Waals surface area contributed by atoms with E-state index in [1.54, 1.807) is 0 Å². The molecular formula is C22H31N5O2. The highest BCUT2D eigenvalue weighted by molar-refractivity contribution is 6.35. The number of benzene rings is 1. The maximum absolute atomic E-state index is 12.4. The van der Waals surface area contributed by atoms with Gasteiger partial charge in [-0.2, -0.15) is 0 Å². The van der Waals surface area contributed by atoms with Crippen LogP contribution in [0.25, 0.3) is 0 Å².